The lowest BCUT2D eigenvalue weighted by Gasteiger charge is -2.08. The van der Waals surface area contributed by atoms with Crippen molar-refractivity contribution in [3.8, 4) is 11.4 Å². The van der Waals surface area contributed by atoms with Gasteiger partial charge in [-0.25, -0.2) is 0 Å². The minimum Gasteiger partial charge on any atom is -0.310 e. The van der Waals surface area contributed by atoms with Gasteiger partial charge in [-0.1, -0.05) is 30.7 Å². The molecule has 2 rings (SSSR count). The van der Waals surface area contributed by atoms with Gasteiger partial charge in [-0.05, 0) is 25.0 Å². The molecule has 0 fully saturated rings. The first-order valence-corrected chi connectivity index (χ1v) is 6.83. The molecule has 0 amide bonds. The van der Waals surface area contributed by atoms with Gasteiger partial charge >= 0.3 is 0 Å². The monoisotopic (exact) mass is 283 g/mol. The van der Waals surface area contributed by atoms with Crippen LogP contribution in [0.15, 0.2) is 18.2 Å². The third-order valence-corrected chi connectivity index (χ3v) is 3.47. The van der Waals surface area contributed by atoms with Gasteiger partial charge in [0, 0.05) is 17.1 Å². The van der Waals surface area contributed by atoms with Crippen LogP contribution in [0.25, 0.3) is 11.4 Å². The van der Waals surface area contributed by atoms with Crippen LogP contribution < -0.4 is 0 Å². The molecule has 2 aromatic rings. The van der Waals surface area contributed by atoms with E-state index in [1.54, 1.807) is 0 Å². The average Bonchev–Trinajstić information content (AvgIpc) is 2.76. The van der Waals surface area contributed by atoms with E-state index in [2.05, 4.69) is 17.1 Å². The van der Waals surface area contributed by atoms with Crippen molar-refractivity contribution in [3.05, 3.63) is 34.6 Å². The third-order valence-electron chi connectivity index (χ3n) is 2.82. The van der Waals surface area contributed by atoms with Gasteiger partial charge in [-0.2, -0.15) is 0 Å². The van der Waals surface area contributed by atoms with Crippen LogP contribution in [0, 0.1) is 6.92 Å². The Morgan fingerprint density at radius 1 is 1.28 bits per heavy atom. The van der Waals surface area contributed by atoms with Crippen LogP contribution in [-0.2, 0) is 12.4 Å². The summed E-state index contributed by atoms with van der Waals surface area (Å²) in [6.07, 6.45) is 1.01. The molecule has 0 N–H and O–H groups in total. The smallest absolute Gasteiger partial charge is 0.164 e. The van der Waals surface area contributed by atoms with E-state index in [-0.39, 0.29) is 0 Å². The highest BCUT2D eigenvalue weighted by Crippen LogP contribution is 2.25. The van der Waals surface area contributed by atoms with E-state index in [1.165, 1.54) is 0 Å². The number of halogens is 2. The van der Waals surface area contributed by atoms with Crippen LogP contribution >= 0.6 is 23.2 Å². The van der Waals surface area contributed by atoms with Gasteiger partial charge < -0.3 is 4.57 Å². The Kier molecular flexibility index (Phi) is 4.25. The standard InChI is InChI=1S/C13H15Cl2N3/c1-3-6-18-12(8-14)16-17-13(18)10-5-4-9(2)11(15)7-10/h4-5,7H,3,6,8H2,1-2H3. The Morgan fingerprint density at radius 3 is 2.67 bits per heavy atom. The fraction of sp³-hybridized carbons (Fsp3) is 0.385. The highest BCUT2D eigenvalue weighted by atomic mass is 35.5. The van der Waals surface area contributed by atoms with E-state index >= 15 is 0 Å². The summed E-state index contributed by atoms with van der Waals surface area (Å²) in [5.74, 6) is 1.99. The zero-order chi connectivity index (χ0) is 13.1. The molecule has 0 atom stereocenters. The van der Waals surface area contributed by atoms with Gasteiger partial charge in [-0.15, -0.1) is 21.8 Å². The summed E-state index contributed by atoms with van der Waals surface area (Å²) >= 11 is 12.0. The van der Waals surface area contributed by atoms with Crippen molar-refractivity contribution in [2.75, 3.05) is 0 Å². The molecule has 0 aliphatic carbocycles. The maximum absolute atomic E-state index is 6.15. The second kappa shape index (κ2) is 5.72. The predicted octanol–water partition coefficient (Wildman–Crippen LogP) is 4.06. The Labute approximate surface area is 117 Å². The van der Waals surface area contributed by atoms with Crippen LogP contribution in [0.3, 0.4) is 0 Å². The third kappa shape index (κ3) is 2.52. The fourth-order valence-electron chi connectivity index (χ4n) is 1.84. The summed E-state index contributed by atoms with van der Waals surface area (Å²) in [4.78, 5) is 0. The van der Waals surface area contributed by atoms with E-state index in [0.717, 1.165) is 40.8 Å². The lowest BCUT2D eigenvalue weighted by Crippen LogP contribution is -2.04. The van der Waals surface area contributed by atoms with Gasteiger partial charge in [-0.3, -0.25) is 0 Å². The van der Waals surface area contributed by atoms with E-state index in [4.69, 9.17) is 23.2 Å². The summed E-state index contributed by atoms with van der Waals surface area (Å²) < 4.78 is 2.05. The van der Waals surface area contributed by atoms with E-state index in [0.29, 0.717) is 5.88 Å². The normalized spacial score (nSPS) is 10.9. The maximum Gasteiger partial charge on any atom is 0.164 e. The minimum atomic E-state index is 0.368. The molecule has 0 radical (unpaired) electrons. The van der Waals surface area contributed by atoms with Gasteiger partial charge in [0.15, 0.2) is 5.82 Å². The molecule has 0 aliphatic heterocycles. The molecule has 1 aromatic heterocycles. The van der Waals surface area contributed by atoms with Crippen LogP contribution in [0.2, 0.25) is 5.02 Å². The SMILES string of the molecule is CCCn1c(CCl)nnc1-c1ccc(C)c(Cl)c1. The summed E-state index contributed by atoms with van der Waals surface area (Å²) in [7, 11) is 0. The van der Waals surface area contributed by atoms with Crippen LogP contribution in [0.4, 0.5) is 0 Å². The number of nitrogens with zero attached hydrogens (tertiary/aromatic N) is 3. The Balaban J connectivity index is 2.49. The largest absolute Gasteiger partial charge is 0.310 e. The number of hydrogen-bond acceptors (Lipinski definition) is 2. The first-order valence-electron chi connectivity index (χ1n) is 5.92. The molecular weight excluding hydrogens is 269 g/mol. The molecule has 3 nitrogen and oxygen atoms in total. The second-order valence-electron chi connectivity index (χ2n) is 4.19. The van der Waals surface area contributed by atoms with Crippen LogP contribution in [-0.4, -0.2) is 14.8 Å². The zero-order valence-corrected chi connectivity index (χ0v) is 12.0. The number of benzene rings is 1. The van der Waals surface area contributed by atoms with E-state index < -0.39 is 0 Å². The Morgan fingerprint density at radius 2 is 2.06 bits per heavy atom. The molecule has 0 bridgehead atoms. The van der Waals surface area contributed by atoms with E-state index in [9.17, 15) is 0 Å². The maximum atomic E-state index is 6.15. The average molecular weight is 284 g/mol. The Bertz CT molecular complexity index is 549. The predicted molar refractivity (Wildman–Crippen MR) is 75.1 cm³/mol. The molecule has 0 spiro atoms. The van der Waals surface area contributed by atoms with Gasteiger partial charge in [0.1, 0.15) is 5.82 Å². The fourth-order valence-corrected chi connectivity index (χ4v) is 2.22. The minimum absolute atomic E-state index is 0.368. The lowest BCUT2D eigenvalue weighted by atomic mass is 10.1. The molecule has 1 heterocycles. The first-order chi connectivity index (χ1) is 8.67. The lowest BCUT2D eigenvalue weighted by molar-refractivity contribution is 0.659. The molecule has 0 aliphatic rings. The van der Waals surface area contributed by atoms with Crippen molar-refractivity contribution in [3.63, 3.8) is 0 Å². The summed E-state index contributed by atoms with van der Waals surface area (Å²) in [5.41, 5.74) is 2.03. The number of aryl methyl sites for hydroxylation is 1. The summed E-state index contributed by atoms with van der Waals surface area (Å²) in [5, 5.41) is 9.08. The quantitative estimate of drug-likeness (QED) is 0.793. The molecule has 1 aromatic carbocycles. The number of alkyl halides is 1. The Hall–Kier alpha value is -1.06. The molecule has 0 saturated carbocycles. The second-order valence-corrected chi connectivity index (χ2v) is 4.86. The van der Waals surface area contributed by atoms with Gasteiger partial charge in [0.2, 0.25) is 0 Å². The van der Waals surface area contributed by atoms with Crippen molar-refractivity contribution in [1.82, 2.24) is 14.8 Å². The number of hydrogen-bond donors (Lipinski definition) is 0. The van der Waals surface area contributed by atoms with E-state index in [1.807, 2.05) is 29.7 Å². The highest BCUT2D eigenvalue weighted by Gasteiger charge is 2.13. The highest BCUT2D eigenvalue weighted by molar-refractivity contribution is 6.31. The first kappa shape index (κ1) is 13.4. The topological polar surface area (TPSA) is 30.7 Å². The summed E-state index contributed by atoms with van der Waals surface area (Å²) in [6, 6.07) is 5.92. The van der Waals surface area contributed by atoms with Crippen molar-refractivity contribution in [2.24, 2.45) is 0 Å². The molecule has 96 valence electrons. The number of aromatic nitrogens is 3. The summed E-state index contributed by atoms with van der Waals surface area (Å²) in [6.45, 7) is 4.95. The van der Waals surface area contributed by atoms with Crippen molar-refractivity contribution >= 4 is 23.2 Å². The van der Waals surface area contributed by atoms with Gasteiger partial charge in [0.05, 0.1) is 5.88 Å². The van der Waals surface area contributed by atoms with Crippen molar-refractivity contribution < 1.29 is 0 Å². The molecule has 5 heteroatoms. The van der Waals surface area contributed by atoms with Crippen LogP contribution in [0.1, 0.15) is 24.7 Å². The van der Waals surface area contributed by atoms with Crippen LogP contribution in [0.5, 0.6) is 0 Å². The van der Waals surface area contributed by atoms with Crippen molar-refractivity contribution in [2.45, 2.75) is 32.7 Å². The molecular formula is C13H15Cl2N3. The van der Waals surface area contributed by atoms with Gasteiger partial charge in [0.25, 0.3) is 0 Å². The molecule has 18 heavy (non-hydrogen) atoms. The van der Waals surface area contributed by atoms with Crippen molar-refractivity contribution in [1.29, 1.82) is 0 Å². The molecule has 0 saturated heterocycles. The molecule has 0 unspecified atom stereocenters. The number of rotatable bonds is 4. The zero-order valence-electron chi connectivity index (χ0n) is 10.5.